The molecular formula is C25H30N2. The molecule has 140 valence electrons. The van der Waals surface area contributed by atoms with Gasteiger partial charge in [0.1, 0.15) is 0 Å². The van der Waals surface area contributed by atoms with Gasteiger partial charge in [-0.25, -0.2) is 0 Å². The first-order chi connectivity index (χ1) is 13.3. The maximum absolute atomic E-state index is 4.06. The van der Waals surface area contributed by atoms with Crippen molar-refractivity contribution in [1.82, 2.24) is 4.98 Å². The topological polar surface area (TPSA) is 16.1 Å². The van der Waals surface area contributed by atoms with E-state index in [1.165, 1.54) is 53.3 Å². The number of aromatic nitrogens is 1. The highest BCUT2D eigenvalue weighted by Crippen LogP contribution is 2.25. The fourth-order valence-corrected chi connectivity index (χ4v) is 3.29. The van der Waals surface area contributed by atoms with Crippen molar-refractivity contribution < 1.29 is 0 Å². The van der Waals surface area contributed by atoms with Crippen LogP contribution in [0.4, 0.5) is 5.69 Å². The molecule has 0 saturated carbocycles. The molecule has 0 saturated heterocycles. The lowest BCUT2D eigenvalue weighted by Crippen LogP contribution is -2.25. The molecule has 0 radical (unpaired) electrons. The summed E-state index contributed by atoms with van der Waals surface area (Å²) in [6.45, 7) is 6.82. The molecule has 0 aliphatic rings. The molecule has 3 rings (SSSR count). The Bertz CT molecular complexity index is 860. The summed E-state index contributed by atoms with van der Waals surface area (Å²) in [5.74, 6) is 0. The summed E-state index contributed by atoms with van der Waals surface area (Å²) in [6.07, 6.45) is 12.9. The quantitative estimate of drug-likeness (QED) is 0.417. The normalized spacial score (nSPS) is 11.3. The Balaban J connectivity index is 1.80. The summed E-state index contributed by atoms with van der Waals surface area (Å²) in [7, 11) is 0. The smallest absolute Gasteiger partial charge is 0.0372 e. The average molecular weight is 359 g/mol. The van der Waals surface area contributed by atoms with Gasteiger partial charge in [-0.1, -0.05) is 57.0 Å². The monoisotopic (exact) mass is 358 g/mol. The van der Waals surface area contributed by atoms with E-state index in [9.17, 15) is 0 Å². The first-order valence-electron chi connectivity index (χ1n) is 10.2. The second-order valence-electron chi connectivity index (χ2n) is 7.10. The number of pyridine rings is 1. The maximum atomic E-state index is 4.06. The van der Waals surface area contributed by atoms with Gasteiger partial charge in [0.2, 0.25) is 0 Å². The zero-order chi connectivity index (χ0) is 18.9. The molecule has 0 fully saturated rings. The van der Waals surface area contributed by atoms with Crippen LogP contribution >= 0.6 is 0 Å². The number of hydrogen-bond acceptors (Lipinski definition) is 2. The van der Waals surface area contributed by atoms with Crippen LogP contribution in [0.1, 0.15) is 50.7 Å². The Morgan fingerprint density at radius 1 is 0.741 bits per heavy atom. The van der Waals surface area contributed by atoms with Crippen molar-refractivity contribution in [3.8, 4) is 0 Å². The van der Waals surface area contributed by atoms with Crippen molar-refractivity contribution in [2.45, 2.75) is 39.5 Å². The zero-order valence-electron chi connectivity index (χ0n) is 16.6. The third-order valence-electron chi connectivity index (χ3n) is 4.95. The van der Waals surface area contributed by atoms with Crippen molar-refractivity contribution in [2.24, 2.45) is 0 Å². The Morgan fingerprint density at radius 2 is 1.37 bits per heavy atom. The van der Waals surface area contributed by atoms with Gasteiger partial charge in [0.15, 0.2) is 0 Å². The molecule has 3 aromatic rings. The molecule has 1 aromatic heterocycles. The van der Waals surface area contributed by atoms with E-state index in [4.69, 9.17) is 0 Å². The Kier molecular flexibility index (Phi) is 7.04. The number of nitrogens with zero attached hydrogens (tertiary/aromatic N) is 2. The van der Waals surface area contributed by atoms with Gasteiger partial charge in [-0.3, -0.25) is 4.98 Å². The van der Waals surface area contributed by atoms with Crippen LogP contribution < -0.4 is 4.90 Å². The van der Waals surface area contributed by atoms with E-state index in [0.717, 1.165) is 13.1 Å². The fourth-order valence-electron chi connectivity index (χ4n) is 3.29. The van der Waals surface area contributed by atoms with Crippen LogP contribution in [0.25, 0.3) is 22.9 Å². The van der Waals surface area contributed by atoms with Crippen LogP contribution in [0.15, 0.2) is 60.9 Å². The number of rotatable bonds is 9. The van der Waals surface area contributed by atoms with Gasteiger partial charge in [-0.2, -0.15) is 0 Å². The molecule has 0 amide bonds. The summed E-state index contributed by atoms with van der Waals surface area (Å²) in [4.78, 5) is 6.61. The minimum absolute atomic E-state index is 1.15. The molecule has 0 bridgehead atoms. The summed E-state index contributed by atoms with van der Waals surface area (Å²) in [6, 6.07) is 17.6. The number of unbranched alkanes of at least 4 members (excludes halogenated alkanes) is 2. The summed E-state index contributed by atoms with van der Waals surface area (Å²) in [5, 5.41) is 2.60. The van der Waals surface area contributed by atoms with E-state index in [1.807, 2.05) is 24.5 Å². The Morgan fingerprint density at radius 3 is 2.07 bits per heavy atom. The molecule has 2 nitrogen and oxygen atoms in total. The van der Waals surface area contributed by atoms with E-state index < -0.39 is 0 Å². The number of fused-ring (bicyclic) bond motifs is 1. The van der Waals surface area contributed by atoms with E-state index in [0.29, 0.717) is 0 Å². The molecule has 0 aliphatic heterocycles. The minimum atomic E-state index is 1.15. The van der Waals surface area contributed by atoms with E-state index in [-0.39, 0.29) is 0 Å². The van der Waals surface area contributed by atoms with E-state index >= 15 is 0 Å². The van der Waals surface area contributed by atoms with Crippen molar-refractivity contribution in [2.75, 3.05) is 18.0 Å². The molecule has 2 aromatic carbocycles. The SMILES string of the molecule is CCCCN(CCCC)c1ccc2cc(C=Cc3ccncc3)ccc2c1. The van der Waals surface area contributed by atoms with Gasteiger partial charge in [-0.15, -0.1) is 0 Å². The highest BCUT2D eigenvalue weighted by molar-refractivity contribution is 5.88. The fraction of sp³-hybridized carbons (Fsp3) is 0.320. The first-order valence-corrected chi connectivity index (χ1v) is 10.2. The van der Waals surface area contributed by atoms with Gasteiger partial charge >= 0.3 is 0 Å². The molecule has 0 spiro atoms. The van der Waals surface area contributed by atoms with Gasteiger partial charge in [0.05, 0.1) is 0 Å². The summed E-state index contributed by atoms with van der Waals surface area (Å²) in [5.41, 5.74) is 3.74. The lowest BCUT2D eigenvalue weighted by Gasteiger charge is -2.25. The number of anilines is 1. The third kappa shape index (κ3) is 5.43. The van der Waals surface area contributed by atoms with Gasteiger partial charge < -0.3 is 4.90 Å². The maximum Gasteiger partial charge on any atom is 0.0372 e. The second-order valence-corrected chi connectivity index (χ2v) is 7.10. The second kappa shape index (κ2) is 9.91. The molecule has 27 heavy (non-hydrogen) atoms. The van der Waals surface area contributed by atoms with Gasteiger partial charge in [-0.05, 0) is 65.1 Å². The van der Waals surface area contributed by atoms with Gasteiger partial charge in [0, 0.05) is 31.2 Å². The molecule has 2 heteroatoms. The van der Waals surface area contributed by atoms with Crippen molar-refractivity contribution in [3.63, 3.8) is 0 Å². The molecule has 0 unspecified atom stereocenters. The van der Waals surface area contributed by atoms with E-state index in [2.05, 4.69) is 72.3 Å². The standard InChI is InChI=1S/C25H30N2/c1-3-5-17-27(18-6-4-2)25-12-11-23-19-22(9-10-24(23)20-25)8-7-21-13-15-26-16-14-21/h7-16,19-20H,3-6,17-18H2,1-2H3. The van der Waals surface area contributed by atoms with Crippen molar-refractivity contribution in [1.29, 1.82) is 0 Å². The predicted octanol–water partition coefficient (Wildman–Crippen LogP) is 6.81. The molecule has 0 N–H and O–H groups in total. The Hall–Kier alpha value is -2.61. The number of benzene rings is 2. The first kappa shape index (κ1) is 19.2. The van der Waals surface area contributed by atoms with E-state index in [1.54, 1.807) is 0 Å². The van der Waals surface area contributed by atoms with Crippen LogP contribution in [0.3, 0.4) is 0 Å². The molecule has 0 aliphatic carbocycles. The molecular weight excluding hydrogens is 328 g/mol. The predicted molar refractivity (Wildman–Crippen MR) is 119 cm³/mol. The zero-order valence-corrected chi connectivity index (χ0v) is 16.6. The Labute approximate surface area is 163 Å². The lowest BCUT2D eigenvalue weighted by molar-refractivity contribution is 0.678. The average Bonchev–Trinajstić information content (AvgIpc) is 2.72. The van der Waals surface area contributed by atoms with Crippen molar-refractivity contribution in [3.05, 3.63) is 72.1 Å². The lowest BCUT2D eigenvalue weighted by atomic mass is 10.0. The van der Waals surface area contributed by atoms with Crippen molar-refractivity contribution >= 4 is 28.6 Å². The summed E-state index contributed by atoms with van der Waals surface area (Å²) >= 11 is 0. The minimum Gasteiger partial charge on any atom is -0.372 e. The van der Waals surface area contributed by atoms with Crippen LogP contribution in [0.5, 0.6) is 0 Å². The van der Waals surface area contributed by atoms with Gasteiger partial charge in [0.25, 0.3) is 0 Å². The van der Waals surface area contributed by atoms with Crippen LogP contribution in [-0.2, 0) is 0 Å². The number of hydrogen-bond donors (Lipinski definition) is 0. The largest absolute Gasteiger partial charge is 0.372 e. The summed E-state index contributed by atoms with van der Waals surface area (Å²) < 4.78 is 0. The van der Waals surface area contributed by atoms with Crippen LogP contribution in [0, 0.1) is 0 Å². The molecule has 1 heterocycles. The highest BCUT2D eigenvalue weighted by atomic mass is 15.1. The molecule has 0 atom stereocenters. The highest BCUT2D eigenvalue weighted by Gasteiger charge is 2.06. The van der Waals surface area contributed by atoms with Crippen LogP contribution in [0.2, 0.25) is 0 Å². The van der Waals surface area contributed by atoms with Crippen LogP contribution in [-0.4, -0.2) is 18.1 Å². The third-order valence-corrected chi connectivity index (χ3v) is 4.95.